The van der Waals surface area contributed by atoms with Crippen molar-refractivity contribution in [1.29, 1.82) is 0 Å². The van der Waals surface area contributed by atoms with Crippen LogP contribution in [0.1, 0.15) is 73.1 Å². The number of nitrogens with two attached hydrogens (primary N) is 1. The zero-order valence-electron chi connectivity index (χ0n) is 26.4. The number of ether oxygens (including phenoxy) is 2. The van der Waals surface area contributed by atoms with Crippen LogP contribution in [-0.4, -0.2) is 70.7 Å². The molecule has 4 fully saturated rings. The second-order valence-corrected chi connectivity index (χ2v) is 13.2. The minimum Gasteiger partial charge on any atom is -0.461 e. The molecule has 1 spiro atoms. The fraction of sp³-hybridized carbons (Fsp3) is 0.515. The number of rotatable bonds is 5. The summed E-state index contributed by atoms with van der Waals surface area (Å²) < 4.78 is 71.4. The summed E-state index contributed by atoms with van der Waals surface area (Å²) in [6, 6.07) is 0.302. The van der Waals surface area contributed by atoms with Gasteiger partial charge in [0.25, 0.3) is 5.91 Å². The first kappa shape index (κ1) is 32.1. The maximum Gasteiger partial charge on any atom is 0.418 e. The highest BCUT2D eigenvalue weighted by Gasteiger charge is 2.50. The number of aromatic nitrogens is 2. The molecule has 5 aliphatic heterocycles. The molecule has 7 rings (SSSR count). The van der Waals surface area contributed by atoms with Crippen LogP contribution in [0.5, 0.6) is 6.01 Å². The van der Waals surface area contributed by atoms with Crippen LogP contribution in [0.4, 0.5) is 33.9 Å². The standard InChI is InChI=1S/C33H35F4N7O4/c1-3-6-19-11-21(38)26(34)24(25(19)33(35,36)37)23-12-22-20(15-47-23)27(43-9-5-8-32(16-43)28(45)41-29(46)42-32)40-30(39-22)48-17-31-7-4-10-44(31)14-18(2)13-31/h11,23H,2,4-5,7-10,12-17,38H2,1H3,(H2,41,42,45,46)/t23-,31-,32-/m0/s1. The first-order valence-electron chi connectivity index (χ1n) is 15.9. The average Bonchev–Trinajstić information content (AvgIpc) is 3.64. The largest absolute Gasteiger partial charge is 0.461 e. The summed E-state index contributed by atoms with van der Waals surface area (Å²) in [7, 11) is 0. The number of urea groups is 1. The molecule has 3 atom stereocenters. The predicted octanol–water partition coefficient (Wildman–Crippen LogP) is 3.75. The topological polar surface area (TPSA) is 135 Å². The summed E-state index contributed by atoms with van der Waals surface area (Å²) in [5.41, 5.74) is 3.41. The number of benzene rings is 1. The first-order chi connectivity index (χ1) is 22.8. The number of hydrogen-bond donors (Lipinski definition) is 3. The summed E-state index contributed by atoms with van der Waals surface area (Å²) in [5, 5.41) is 5.05. The molecule has 4 saturated heterocycles. The first-order valence-corrected chi connectivity index (χ1v) is 15.9. The maximum absolute atomic E-state index is 15.6. The van der Waals surface area contributed by atoms with Gasteiger partial charge in [0.05, 0.1) is 41.7 Å². The summed E-state index contributed by atoms with van der Waals surface area (Å²) in [5.74, 6) is 3.55. The van der Waals surface area contributed by atoms with Gasteiger partial charge in [-0.1, -0.05) is 18.1 Å². The van der Waals surface area contributed by atoms with E-state index in [1.54, 1.807) is 0 Å². The maximum atomic E-state index is 15.6. The number of fused-ring (bicyclic) bond motifs is 2. The van der Waals surface area contributed by atoms with Gasteiger partial charge >= 0.3 is 18.2 Å². The molecule has 48 heavy (non-hydrogen) atoms. The van der Waals surface area contributed by atoms with Crippen LogP contribution >= 0.6 is 0 Å². The van der Waals surface area contributed by atoms with Crippen molar-refractivity contribution in [2.24, 2.45) is 0 Å². The van der Waals surface area contributed by atoms with Crippen LogP contribution in [0.15, 0.2) is 18.2 Å². The van der Waals surface area contributed by atoms with Crippen molar-refractivity contribution in [2.75, 3.05) is 43.4 Å². The van der Waals surface area contributed by atoms with Crippen LogP contribution < -0.4 is 26.0 Å². The molecule has 1 aromatic carbocycles. The van der Waals surface area contributed by atoms with E-state index in [0.29, 0.717) is 36.5 Å². The monoisotopic (exact) mass is 669 g/mol. The van der Waals surface area contributed by atoms with Crippen molar-refractivity contribution >= 4 is 23.4 Å². The molecule has 0 bridgehead atoms. The van der Waals surface area contributed by atoms with Crippen LogP contribution in [0, 0.1) is 17.7 Å². The number of alkyl halides is 3. The second-order valence-electron chi connectivity index (χ2n) is 13.2. The number of hydrogen-bond acceptors (Lipinski definition) is 9. The number of amides is 3. The van der Waals surface area contributed by atoms with Gasteiger partial charge in [0.2, 0.25) is 0 Å². The highest BCUT2D eigenvalue weighted by molar-refractivity contribution is 6.07. The molecule has 3 amide bonds. The normalized spacial score (nSPS) is 27.0. The molecule has 4 N–H and O–H groups in total. The van der Waals surface area contributed by atoms with E-state index in [0.717, 1.165) is 44.0 Å². The number of carbonyl (C=O) groups is 2. The molecule has 0 saturated carbocycles. The van der Waals surface area contributed by atoms with Gasteiger partial charge in [-0.2, -0.15) is 23.1 Å². The molecular weight excluding hydrogens is 634 g/mol. The summed E-state index contributed by atoms with van der Waals surface area (Å²) in [4.78, 5) is 38.6. The number of nitrogens with zero attached hydrogens (tertiary/aromatic N) is 4. The van der Waals surface area contributed by atoms with E-state index < -0.39 is 58.0 Å². The third-order valence-corrected chi connectivity index (χ3v) is 10.1. The van der Waals surface area contributed by atoms with Gasteiger partial charge in [-0.25, -0.2) is 9.18 Å². The number of carbonyl (C=O) groups excluding carboxylic acids is 2. The van der Waals surface area contributed by atoms with Crippen LogP contribution in [0.2, 0.25) is 0 Å². The number of anilines is 2. The Kier molecular flexibility index (Phi) is 7.78. The van der Waals surface area contributed by atoms with E-state index in [-0.39, 0.29) is 37.7 Å². The quantitative estimate of drug-likeness (QED) is 0.143. The van der Waals surface area contributed by atoms with Crippen molar-refractivity contribution in [1.82, 2.24) is 25.5 Å². The molecule has 5 aliphatic rings. The van der Waals surface area contributed by atoms with E-state index in [2.05, 4.69) is 38.9 Å². The molecule has 254 valence electrons. The summed E-state index contributed by atoms with van der Waals surface area (Å²) in [6.07, 6.45) is -2.97. The highest BCUT2D eigenvalue weighted by Crippen LogP contribution is 2.45. The van der Waals surface area contributed by atoms with Gasteiger partial charge in [-0.3, -0.25) is 15.0 Å². The molecule has 11 nitrogen and oxygen atoms in total. The minimum absolute atomic E-state index is 0.00398. The number of imide groups is 1. The van der Waals surface area contributed by atoms with Crippen LogP contribution in [0.3, 0.4) is 0 Å². The Balaban J connectivity index is 1.29. The van der Waals surface area contributed by atoms with E-state index in [9.17, 15) is 22.8 Å². The fourth-order valence-electron chi connectivity index (χ4n) is 7.98. The molecule has 0 unspecified atom stereocenters. The average molecular weight is 670 g/mol. The molecule has 0 radical (unpaired) electrons. The van der Waals surface area contributed by atoms with E-state index in [1.807, 2.05) is 4.90 Å². The third kappa shape index (κ3) is 5.40. The number of nitrogen functional groups attached to an aromatic ring is 1. The highest BCUT2D eigenvalue weighted by atomic mass is 19.4. The third-order valence-electron chi connectivity index (χ3n) is 10.1. The Morgan fingerprint density at radius 3 is 2.75 bits per heavy atom. The van der Waals surface area contributed by atoms with Crippen molar-refractivity contribution in [3.63, 3.8) is 0 Å². The number of piperidine rings is 1. The fourth-order valence-corrected chi connectivity index (χ4v) is 7.98. The summed E-state index contributed by atoms with van der Waals surface area (Å²) in [6.45, 7) is 7.82. The number of halogens is 4. The molecule has 2 aromatic rings. The lowest BCUT2D eigenvalue weighted by atomic mass is 9.88. The summed E-state index contributed by atoms with van der Waals surface area (Å²) >= 11 is 0. The lowest BCUT2D eigenvalue weighted by Gasteiger charge is -2.40. The molecule has 15 heteroatoms. The Labute approximate surface area is 274 Å². The SMILES string of the molecule is C=C1CN2CCC[C@@]2(COc2nc3c(c(N4CCC[C@@]5(C4)NC(=O)NC5=O)n2)CO[C@H](c2c(F)c(N)cc(C#CC)c2C(F)(F)F)C3)C1. The zero-order chi connectivity index (χ0) is 34.0. The van der Waals surface area contributed by atoms with Gasteiger partial charge in [-0.05, 0) is 51.6 Å². The van der Waals surface area contributed by atoms with Crippen molar-refractivity contribution < 1.29 is 36.6 Å². The smallest absolute Gasteiger partial charge is 0.418 e. The van der Waals surface area contributed by atoms with Crippen LogP contribution in [-0.2, 0) is 28.7 Å². The van der Waals surface area contributed by atoms with Crippen molar-refractivity contribution in [3.8, 4) is 17.9 Å². The van der Waals surface area contributed by atoms with E-state index >= 15 is 4.39 Å². The molecule has 6 heterocycles. The lowest BCUT2D eigenvalue weighted by Crippen LogP contribution is -2.59. The molecular formula is C33H35F4N7O4. The van der Waals surface area contributed by atoms with Gasteiger partial charge in [-0.15, -0.1) is 5.92 Å². The van der Waals surface area contributed by atoms with Crippen LogP contribution in [0.25, 0.3) is 0 Å². The molecule has 0 aliphatic carbocycles. The van der Waals surface area contributed by atoms with Crippen molar-refractivity contribution in [2.45, 2.75) is 75.4 Å². The predicted molar refractivity (Wildman–Crippen MR) is 165 cm³/mol. The Morgan fingerprint density at radius 2 is 2.02 bits per heavy atom. The number of nitrogens with one attached hydrogen (secondary N) is 2. The zero-order valence-corrected chi connectivity index (χ0v) is 26.4. The Bertz CT molecular complexity index is 1790. The lowest BCUT2D eigenvalue weighted by molar-refractivity contribution is -0.140. The second kappa shape index (κ2) is 11.6. The van der Waals surface area contributed by atoms with Gasteiger partial charge in [0.1, 0.15) is 18.0 Å². The Hall–Kier alpha value is -4.42. The minimum atomic E-state index is -4.95. The Morgan fingerprint density at radius 1 is 1.23 bits per heavy atom. The van der Waals surface area contributed by atoms with Gasteiger partial charge in [0, 0.05) is 36.2 Å². The van der Waals surface area contributed by atoms with Gasteiger partial charge in [0.15, 0.2) is 5.82 Å². The molecule has 1 aromatic heterocycles. The van der Waals surface area contributed by atoms with Gasteiger partial charge < -0.3 is 25.4 Å². The van der Waals surface area contributed by atoms with E-state index in [4.69, 9.17) is 20.2 Å². The van der Waals surface area contributed by atoms with Crippen molar-refractivity contribution in [3.05, 3.63) is 52.0 Å². The van der Waals surface area contributed by atoms with E-state index in [1.165, 1.54) is 6.92 Å².